The van der Waals surface area contributed by atoms with Gasteiger partial charge in [0.05, 0.1) is 0 Å². The van der Waals surface area contributed by atoms with Gasteiger partial charge in [-0.05, 0) is 6.08 Å². The second kappa shape index (κ2) is 4.71. The van der Waals surface area contributed by atoms with E-state index in [0.717, 1.165) is 0 Å². The van der Waals surface area contributed by atoms with Crippen LogP contribution in [0.4, 0.5) is 17.6 Å². The maximum absolute atomic E-state index is 12.2. The third kappa shape index (κ3) is 3.60. The fourth-order valence-electron chi connectivity index (χ4n) is 0.343. The van der Waals surface area contributed by atoms with Crippen molar-refractivity contribution in [3.8, 4) is 0 Å². The molecule has 0 aromatic rings. The molecule has 0 radical (unpaired) electrons. The molecule has 0 aliphatic rings. The van der Waals surface area contributed by atoms with Crippen LogP contribution in [0.25, 0.3) is 0 Å². The number of alkyl halides is 1. The average molecular weight is 166 g/mol. The third-order valence-corrected chi connectivity index (χ3v) is 0.818. The molecule has 0 rings (SSSR count). The number of allylic oxidation sites excluding steroid dienone is 5. The zero-order valence-electron chi connectivity index (χ0n) is 5.58. The molecule has 4 heteroatoms. The fraction of sp³-hybridized carbons (Fsp3) is 0.143. The van der Waals surface area contributed by atoms with Crippen molar-refractivity contribution >= 4 is 0 Å². The Morgan fingerprint density at radius 1 is 1.18 bits per heavy atom. The lowest BCUT2D eigenvalue weighted by Crippen LogP contribution is -1.78. The summed E-state index contributed by atoms with van der Waals surface area (Å²) in [4.78, 5) is 0. The van der Waals surface area contributed by atoms with Crippen molar-refractivity contribution in [2.75, 3.05) is 6.67 Å². The van der Waals surface area contributed by atoms with Gasteiger partial charge in [-0.15, -0.1) is 0 Å². The van der Waals surface area contributed by atoms with Crippen LogP contribution in [-0.4, -0.2) is 6.67 Å². The number of hydrogen-bond acceptors (Lipinski definition) is 0. The molecule has 0 atom stereocenters. The Morgan fingerprint density at radius 2 is 1.73 bits per heavy atom. The molecule has 0 nitrogen and oxygen atoms in total. The molecule has 11 heavy (non-hydrogen) atoms. The Labute approximate surface area is 61.5 Å². The Hall–Kier alpha value is -1.06. The van der Waals surface area contributed by atoms with Crippen molar-refractivity contribution in [2.45, 2.75) is 0 Å². The lowest BCUT2D eigenvalue weighted by atomic mass is 10.4. The number of rotatable bonds is 3. The predicted molar refractivity (Wildman–Crippen MR) is 34.6 cm³/mol. The standard InChI is InChI=1S/C7H6F4/c1-2-6(10)7(11)3-5(9)4-8/h2-3H,1,4H2/b5-3+,7-6-. The van der Waals surface area contributed by atoms with Crippen LogP contribution >= 0.6 is 0 Å². The van der Waals surface area contributed by atoms with Crippen LogP contribution in [0.5, 0.6) is 0 Å². The normalized spacial score (nSPS) is 14.4. The maximum Gasteiger partial charge on any atom is 0.161 e. The van der Waals surface area contributed by atoms with Crippen molar-refractivity contribution in [1.82, 2.24) is 0 Å². The van der Waals surface area contributed by atoms with Gasteiger partial charge >= 0.3 is 0 Å². The molecule has 0 aliphatic carbocycles. The van der Waals surface area contributed by atoms with E-state index in [1.807, 2.05) is 0 Å². The first kappa shape index (κ1) is 9.94. The van der Waals surface area contributed by atoms with E-state index in [0.29, 0.717) is 6.08 Å². The van der Waals surface area contributed by atoms with Gasteiger partial charge < -0.3 is 0 Å². The largest absolute Gasteiger partial charge is 0.243 e. The molecule has 0 saturated carbocycles. The van der Waals surface area contributed by atoms with Crippen molar-refractivity contribution in [2.24, 2.45) is 0 Å². The van der Waals surface area contributed by atoms with Gasteiger partial charge in [0.2, 0.25) is 0 Å². The van der Waals surface area contributed by atoms with Crippen LogP contribution in [0, 0.1) is 0 Å². The van der Waals surface area contributed by atoms with E-state index in [1.165, 1.54) is 0 Å². The van der Waals surface area contributed by atoms with Gasteiger partial charge in [0.15, 0.2) is 11.7 Å². The Morgan fingerprint density at radius 3 is 2.09 bits per heavy atom. The SMILES string of the molecule is C=C/C(F)=C(F)\C=C(\F)CF. The van der Waals surface area contributed by atoms with E-state index in [4.69, 9.17) is 0 Å². The number of halogens is 4. The Balaban J connectivity index is 4.49. The van der Waals surface area contributed by atoms with E-state index < -0.39 is 24.2 Å². The van der Waals surface area contributed by atoms with Gasteiger partial charge in [-0.3, -0.25) is 0 Å². The van der Waals surface area contributed by atoms with E-state index >= 15 is 0 Å². The van der Waals surface area contributed by atoms with Crippen LogP contribution in [0.15, 0.2) is 36.2 Å². The lowest BCUT2D eigenvalue weighted by Gasteiger charge is -1.88. The molecule has 0 aromatic heterocycles. The smallest absolute Gasteiger partial charge is 0.161 e. The summed E-state index contributed by atoms with van der Waals surface area (Å²) in [5.41, 5.74) is 0. The van der Waals surface area contributed by atoms with Crippen LogP contribution in [0.1, 0.15) is 0 Å². The van der Waals surface area contributed by atoms with Crippen LogP contribution in [-0.2, 0) is 0 Å². The molecule has 0 aliphatic heterocycles. The molecule has 0 N–H and O–H groups in total. The minimum atomic E-state index is -1.46. The summed E-state index contributed by atoms with van der Waals surface area (Å²) in [7, 11) is 0. The summed E-state index contributed by atoms with van der Waals surface area (Å²) in [5.74, 6) is -4.14. The topological polar surface area (TPSA) is 0 Å². The van der Waals surface area contributed by atoms with E-state index in [-0.39, 0.29) is 6.08 Å². The highest BCUT2D eigenvalue weighted by Crippen LogP contribution is 2.13. The van der Waals surface area contributed by atoms with Gasteiger partial charge in [0.1, 0.15) is 12.5 Å². The molecular weight excluding hydrogens is 160 g/mol. The highest BCUT2D eigenvalue weighted by Gasteiger charge is 2.01. The summed E-state index contributed by atoms with van der Waals surface area (Å²) in [6, 6.07) is 0. The highest BCUT2D eigenvalue weighted by molar-refractivity contribution is 5.23. The summed E-state index contributed by atoms with van der Waals surface area (Å²) in [6.45, 7) is 1.45. The summed E-state index contributed by atoms with van der Waals surface area (Å²) in [5, 5.41) is 0. The monoisotopic (exact) mass is 166 g/mol. The lowest BCUT2D eigenvalue weighted by molar-refractivity contribution is 0.454. The van der Waals surface area contributed by atoms with Gasteiger partial charge in [-0.2, -0.15) is 0 Å². The van der Waals surface area contributed by atoms with Gasteiger partial charge in [0, 0.05) is 6.08 Å². The molecule has 0 fully saturated rings. The molecular formula is C7H6F4. The molecule has 0 aromatic carbocycles. The van der Waals surface area contributed by atoms with Crippen LogP contribution in [0.2, 0.25) is 0 Å². The fourth-order valence-corrected chi connectivity index (χ4v) is 0.343. The highest BCUT2D eigenvalue weighted by atomic mass is 19.2. The van der Waals surface area contributed by atoms with Crippen molar-refractivity contribution in [3.05, 3.63) is 36.2 Å². The molecule has 0 saturated heterocycles. The predicted octanol–water partition coefficient (Wildman–Crippen LogP) is 3.15. The number of hydrogen-bond donors (Lipinski definition) is 0. The minimum Gasteiger partial charge on any atom is -0.243 e. The first-order valence-corrected chi connectivity index (χ1v) is 2.71. The minimum absolute atomic E-state index is 0.136. The van der Waals surface area contributed by atoms with Gasteiger partial charge in [-0.25, -0.2) is 17.6 Å². The van der Waals surface area contributed by atoms with Crippen molar-refractivity contribution in [3.63, 3.8) is 0 Å². The zero-order chi connectivity index (χ0) is 8.85. The molecule has 0 spiro atoms. The second-order valence-corrected chi connectivity index (χ2v) is 1.62. The Kier molecular flexibility index (Phi) is 4.26. The van der Waals surface area contributed by atoms with Gasteiger partial charge in [-0.1, -0.05) is 6.58 Å². The third-order valence-electron chi connectivity index (χ3n) is 0.818. The summed E-state index contributed by atoms with van der Waals surface area (Å²) in [6.07, 6.45) is 0.703. The quantitative estimate of drug-likeness (QED) is 0.446. The summed E-state index contributed by atoms with van der Waals surface area (Å²) < 4.78 is 47.5. The molecule has 0 unspecified atom stereocenters. The van der Waals surface area contributed by atoms with Crippen molar-refractivity contribution in [1.29, 1.82) is 0 Å². The van der Waals surface area contributed by atoms with Gasteiger partial charge in [0.25, 0.3) is 0 Å². The summed E-state index contributed by atoms with van der Waals surface area (Å²) >= 11 is 0. The van der Waals surface area contributed by atoms with E-state index in [2.05, 4.69) is 6.58 Å². The van der Waals surface area contributed by atoms with Crippen LogP contribution in [0.3, 0.4) is 0 Å². The second-order valence-electron chi connectivity index (χ2n) is 1.62. The molecule has 0 amide bonds. The average Bonchev–Trinajstić information content (AvgIpc) is 2.02. The van der Waals surface area contributed by atoms with E-state index in [9.17, 15) is 17.6 Å². The van der Waals surface area contributed by atoms with Crippen LogP contribution < -0.4 is 0 Å². The maximum atomic E-state index is 12.2. The first-order chi connectivity index (χ1) is 5.11. The van der Waals surface area contributed by atoms with Crippen molar-refractivity contribution < 1.29 is 17.6 Å². The molecule has 0 heterocycles. The zero-order valence-corrected chi connectivity index (χ0v) is 5.58. The molecule has 62 valence electrons. The molecule has 0 bridgehead atoms. The Bertz CT molecular complexity index is 202. The first-order valence-electron chi connectivity index (χ1n) is 2.71. The van der Waals surface area contributed by atoms with E-state index in [1.54, 1.807) is 0 Å².